The fourth-order valence-electron chi connectivity index (χ4n) is 1.73. The van der Waals surface area contributed by atoms with Crippen molar-refractivity contribution in [2.45, 2.75) is 32.7 Å². The van der Waals surface area contributed by atoms with Crippen molar-refractivity contribution in [3.63, 3.8) is 0 Å². The van der Waals surface area contributed by atoms with Crippen LogP contribution in [0.25, 0.3) is 0 Å². The maximum absolute atomic E-state index is 11.6. The van der Waals surface area contributed by atoms with Crippen LogP contribution >= 0.6 is 0 Å². The van der Waals surface area contributed by atoms with Gasteiger partial charge in [-0.25, -0.2) is 4.98 Å². The highest BCUT2D eigenvalue weighted by molar-refractivity contribution is 5.96. The molecule has 15 heavy (non-hydrogen) atoms. The Bertz CT molecular complexity index is 389. The molecule has 4 heteroatoms. The summed E-state index contributed by atoms with van der Waals surface area (Å²) >= 11 is 0. The zero-order chi connectivity index (χ0) is 10.8. The van der Waals surface area contributed by atoms with Gasteiger partial charge in [-0.1, -0.05) is 6.92 Å². The predicted molar refractivity (Wildman–Crippen MR) is 59.9 cm³/mol. The molecule has 0 spiro atoms. The quantitative estimate of drug-likeness (QED) is 0.736. The average Bonchev–Trinajstić information content (AvgIpc) is 2.37. The minimum atomic E-state index is 0.0594. The SMILES string of the molecule is CCC1CC(=O)Nc2c(C)ccnc2N1. The van der Waals surface area contributed by atoms with Gasteiger partial charge in [-0.3, -0.25) is 4.79 Å². The van der Waals surface area contributed by atoms with Crippen LogP contribution in [0.4, 0.5) is 11.5 Å². The van der Waals surface area contributed by atoms with Crippen molar-refractivity contribution in [2.24, 2.45) is 0 Å². The van der Waals surface area contributed by atoms with Crippen LogP contribution in [0.3, 0.4) is 0 Å². The molecule has 0 saturated carbocycles. The molecule has 1 amide bonds. The summed E-state index contributed by atoms with van der Waals surface area (Å²) in [5.41, 5.74) is 1.86. The van der Waals surface area contributed by atoms with Gasteiger partial charge in [0, 0.05) is 18.7 Å². The van der Waals surface area contributed by atoms with E-state index in [1.807, 2.05) is 13.0 Å². The summed E-state index contributed by atoms with van der Waals surface area (Å²) in [5.74, 6) is 0.844. The van der Waals surface area contributed by atoms with Crippen LogP contribution in [-0.2, 0) is 4.79 Å². The second-order valence-corrected chi connectivity index (χ2v) is 3.85. The third-order valence-corrected chi connectivity index (χ3v) is 2.69. The van der Waals surface area contributed by atoms with Crippen LogP contribution in [0, 0.1) is 6.92 Å². The van der Waals surface area contributed by atoms with Gasteiger partial charge in [0.2, 0.25) is 5.91 Å². The molecule has 1 aromatic rings. The number of carbonyl (C=O) groups is 1. The molecule has 2 N–H and O–H groups in total. The minimum Gasteiger partial charge on any atom is -0.365 e. The van der Waals surface area contributed by atoms with Crippen molar-refractivity contribution in [2.75, 3.05) is 10.6 Å². The van der Waals surface area contributed by atoms with Crippen molar-refractivity contribution in [1.29, 1.82) is 0 Å². The maximum Gasteiger partial charge on any atom is 0.226 e. The van der Waals surface area contributed by atoms with Gasteiger partial charge in [-0.2, -0.15) is 0 Å². The Hall–Kier alpha value is -1.58. The topological polar surface area (TPSA) is 54.0 Å². The summed E-state index contributed by atoms with van der Waals surface area (Å²) in [7, 11) is 0. The van der Waals surface area contributed by atoms with Crippen molar-refractivity contribution < 1.29 is 4.79 Å². The van der Waals surface area contributed by atoms with E-state index in [0.717, 1.165) is 23.5 Å². The Balaban J connectivity index is 2.40. The van der Waals surface area contributed by atoms with Crippen molar-refractivity contribution in [1.82, 2.24) is 4.98 Å². The Morgan fingerprint density at radius 2 is 2.40 bits per heavy atom. The zero-order valence-electron chi connectivity index (χ0n) is 9.00. The number of nitrogens with one attached hydrogen (secondary N) is 2. The van der Waals surface area contributed by atoms with Crippen LogP contribution in [-0.4, -0.2) is 16.9 Å². The van der Waals surface area contributed by atoms with E-state index in [9.17, 15) is 4.79 Å². The summed E-state index contributed by atoms with van der Waals surface area (Å²) in [4.78, 5) is 15.8. The molecule has 0 bridgehead atoms. The van der Waals surface area contributed by atoms with Gasteiger partial charge >= 0.3 is 0 Å². The molecule has 1 atom stereocenters. The van der Waals surface area contributed by atoms with Gasteiger partial charge in [-0.05, 0) is 25.0 Å². The largest absolute Gasteiger partial charge is 0.365 e. The van der Waals surface area contributed by atoms with Crippen LogP contribution in [0.5, 0.6) is 0 Å². The van der Waals surface area contributed by atoms with Crippen LogP contribution in [0.2, 0.25) is 0 Å². The number of amides is 1. The van der Waals surface area contributed by atoms with Gasteiger partial charge < -0.3 is 10.6 Å². The molecule has 0 saturated heterocycles. The molecule has 0 radical (unpaired) electrons. The highest BCUT2D eigenvalue weighted by Gasteiger charge is 2.20. The summed E-state index contributed by atoms with van der Waals surface area (Å²) < 4.78 is 0. The smallest absolute Gasteiger partial charge is 0.226 e. The first-order chi connectivity index (χ1) is 7.20. The molecule has 1 aromatic heterocycles. The van der Waals surface area contributed by atoms with Gasteiger partial charge in [0.1, 0.15) is 5.82 Å². The first-order valence-electron chi connectivity index (χ1n) is 5.22. The lowest BCUT2D eigenvalue weighted by Crippen LogP contribution is -2.21. The zero-order valence-corrected chi connectivity index (χ0v) is 9.00. The minimum absolute atomic E-state index is 0.0594. The number of hydrogen-bond donors (Lipinski definition) is 2. The standard InChI is InChI=1S/C11H15N3O/c1-3-8-6-9(15)14-10-7(2)4-5-12-11(10)13-8/h4-5,8H,3,6H2,1-2H3,(H,12,13)(H,14,15). The molecule has 2 heterocycles. The molecule has 1 aliphatic rings. The van der Waals surface area contributed by atoms with Crippen LogP contribution in [0.15, 0.2) is 12.3 Å². The van der Waals surface area contributed by atoms with E-state index in [-0.39, 0.29) is 11.9 Å². The third kappa shape index (κ3) is 1.93. The lowest BCUT2D eigenvalue weighted by atomic mass is 10.1. The second-order valence-electron chi connectivity index (χ2n) is 3.85. The van der Waals surface area contributed by atoms with E-state index >= 15 is 0 Å². The number of rotatable bonds is 1. The first kappa shape index (κ1) is 9.96. The third-order valence-electron chi connectivity index (χ3n) is 2.69. The van der Waals surface area contributed by atoms with E-state index < -0.39 is 0 Å². The molecule has 2 rings (SSSR count). The molecule has 1 aliphatic heterocycles. The molecule has 0 aliphatic carbocycles. The van der Waals surface area contributed by atoms with Crippen LogP contribution < -0.4 is 10.6 Å². The number of nitrogens with zero attached hydrogens (tertiary/aromatic N) is 1. The van der Waals surface area contributed by atoms with Gasteiger partial charge in [-0.15, -0.1) is 0 Å². The number of hydrogen-bond acceptors (Lipinski definition) is 3. The Labute approximate surface area is 89.1 Å². The average molecular weight is 205 g/mol. The highest BCUT2D eigenvalue weighted by Crippen LogP contribution is 2.27. The summed E-state index contributed by atoms with van der Waals surface area (Å²) in [6.07, 6.45) is 3.18. The van der Waals surface area contributed by atoms with E-state index in [4.69, 9.17) is 0 Å². The monoisotopic (exact) mass is 205 g/mol. The number of fused-ring (bicyclic) bond motifs is 1. The van der Waals surface area contributed by atoms with E-state index in [1.54, 1.807) is 6.20 Å². The number of anilines is 2. The van der Waals surface area contributed by atoms with Gasteiger partial charge in [0.15, 0.2) is 0 Å². The number of aryl methyl sites for hydroxylation is 1. The molecule has 4 nitrogen and oxygen atoms in total. The summed E-state index contributed by atoms with van der Waals surface area (Å²) in [6, 6.07) is 2.08. The lowest BCUT2D eigenvalue weighted by molar-refractivity contribution is -0.116. The Kier molecular flexibility index (Phi) is 2.58. The molecule has 80 valence electrons. The van der Waals surface area contributed by atoms with Crippen LogP contribution in [0.1, 0.15) is 25.3 Å². The van der Waals surface area contributed by atoms with E-state index in [1.165, 1.54) is 0 Å². The molecule has 0 aromatic carbocycles. The normalized spacial score (nSPS) is 19.9. The molecular weight excluding hydrogens is 190 g/mol. The highest BCUT2D eigenvalue weighted by atomic mass is 16.1. The maximum atomic E-state index is 11.6. The fraction of sp³-hybridized carbons (Fsp3) is 0.455. The van der Waals surface area contributed by atoms with Crippen molar-refractivity contribution in [3.8, 4) is 0 Å². The second kappa shape index (κ2) is 3.88. The summed E-state index contributed by atoms with van der Waals surface area (Å²) in [6.45, 7) is 4.03. The Morgan fingerprint density at radius 1 is 1.60 bits per heavy atom. The van der Waals surface area contributed by atoms with E-state index in [0.29, 0.717) is 6.42 Å². The predicted octanol–water partition coefficient (Wildman–Crippen LogP) is 1.92. The van der Waals surface area contributed by atoms with Crippen molar-refractivity contribution in [3.05, 3.63) is 17.8 Å². The summed E-state index contributed by atoms with van der Waals surface area (Å²) in [5, 5.41) is 6.18. The Morgan fingerprint density at radius 3 is 3.13 bits per heavy atom. The van der Waals surface area contributed by atoms with E-state index in [2.05, 4.69) is 22.5 Å². The van der Waals surface area contributed by atoms with Crippen molar-refractivity contribution >= 4 is 17.4 Å². The lowest BCUT2D eigenvalue weighted by Gasteiger charge is -2.13. The molecule has 1 unspecified atom stereocenters. The molecular formula is C11H15N3O. The van der Waals surface area contributed by atoms with Gasteiger partial charge in [0.25, 0.3) is 0 Å². The first-order valence-corrected chi connectivity index (χ1v) is 5.22. The van der Waals surface area contributed by atoms with Gasteiger partial charge in [0.05, 0.1) is 5.69 Å². The molecule has 0 fully saturated rings. The fourth-order valence-corrected chi connectivity index (χ4v) is 1.73. The number of aromatic nitrogens is 1. The number of carbonyl (C=O) groups excluding carboxylic acids is 1. The number of pyridine rings is 1.